The molecule has 1 amide bonds. The van der Waals surface area contributed by atoms with Crippen molar-refractivity contribution in [3.8, 4) is 0 Å². The summed E-state index contributed by atoms with van der Waals surface area (Å²) in [6, 6.07) is 6.15. The molecule has 29 heavy (non-hydrogen) atoms. The second-order valence-electron chi connectivity index (χ2n) is 5.62. The number of aromatic nitrogens is 2. The van der Waals surface area contributed by atoms with Crippen LogP contribution in [0.5, 0.6) is 0 Å². The third kappa shape index (κ3) is 5.67. The van der Waals surface area contributed by atoms with E-state index in [2.05, 4.69) is 10.3 Å². The van der Waals surface area contributed by atoms with E-state index in [1.54, 1.807) is 32.2 Å². The molecule has 0 saturated heterocycles. The Morgan fingerprint density at radius 3 is 2.28 bits per heavy atom. The van der Waals surface area contributed by atoms with E-state index in [0.717, 1.165) is 10.8 Å². The number of thioether (sulfide) groups is 1. The summed E-state index contributed by atoms with van der Waals surface area (Å²) >= 11 is 1.17. The number of esters is 2. The van der Waals surface area contributed by atoms with Crippen molar-refractivity contribution in [3.63, 3.8) is 0 Å². The second kappa shape index (κ2) is 10.4. The van der Waals surface area contributed by atoms with E-state index in [4.69, 9.17) is 9.47 Å². The van der Waals surface area contributed by atoms with Gasteiger partial charge in [0, 0.05) is 5.69 Å². The predicted octanol–water partition coefficient (Wildman–Crippen LogP) is 1.96. The fourth-order valence-electron chi connectivity index (χ4n) is 2.38. The lowest BCUT2D eigenvalue weighted by Crippen LogP contribution is -2.33. The van der Waals surface area contributed by atoms with Crippen LogP contribution < -0.4 is 10.9 Å². The third-order valence-corrected chi connectivity index (χ3v) is 4.36. The topological polar surface area (TPSA) is 117 Å². The smallest absolute Gasteiger partial charge is 0.345 e. The van der Waals surface area contributed by atoms with E-state index in [1.807, 2.05) is 0 Å². The van der Waals surface area contributed by atoms with Crippen molar-refractivity contribution in [3.05, 3.63) is 51.9 Å². The highest BCUT2D eigenvalue weighted by Crippen LogP contribution is 2.13. The number of amides is 1. The molecule has 1 heterocycles. The predicted molar refractivity (Wildman–Crippen MR) is 107 cm³/mol. The van der Waals surface area contributed by atoms with Gasteiger partial charge in [0.25, 0.3) is 5.56 Å². The molecule has 0 fully saturated rings. The van der Waals surface area contributed by atoms with Gasteiger partial charge in [-0.3, -0.25) is 14.2 Å². The molecular weight excluding hydrogens is 398 g/mol. The molecule has 154 valence electrons. The number of nitrogens with zero attached hydrogens (tertiary/aromatic N) is 2. The van der Waals surface area contributed by atoms with Crippen molar-refractivity contribution in [1.29, 1.82) is 0 Å². The zero-order valence-electron chi connectivity index (χ0n) is 16.3. The van der Waals surface area contributed by atoms with Crippen molar-refractivity contribution in [2.75, 3.05) is 24.8 Å². The zero-order chi connectivity index (χ0) is 21.4. The minimum Gasteiger partial charge on any atom is -0.462 e. The van der Waals surface area contributed by atoms with E-state index in [1.165, 1.54) is 23.9 Å². The first-order chi connectivity index (χ1) is 13.9. The number of hydrogen-bond acceptors (Lipinski definition) is 8. The van der Waals surface area contributed by atoms with Crippen molar-refractivity contribution in [1.82, 2.24) is 9.55 Å². The Labute approximate surface area is 171 Å². The first-order valence-electron chi connectivity index (χ1n) is 8.79. The van der Waals surface area contributed by atoms with Gasteiger partial charge in [0.2, 0.25) is 5.91 Å². The van der Waals surface area contributed by atoms with Crippen LogP contribution in [0.4, 0.5) is 5.69 Å². The molecule has 10 heteroatoms. The summed E-state index contributed by atoms with van der Waals surface area (Å²) in [5.74, 6) is -1.74. The summed E-state index contributed by atoms with van der Waals surface area (Å²) in [6.07, 6.45) is 2.85. The summed E-state index contributed by atoms with van der Waals surface area (Å²) in [5.41, 5.74) is -0.0970. The monoisotopic (exact) mass is 419 g/mol. The standard InChI is InChI=1S/C19H21N3O6S/c1-4-27-17(25)12-6-8-13(9-7-12)21-15(23)11-22-16(24)14(18(26)28-5-2)10-20-19(22)29-3/h6-10H,4-5,11H2,1-3H3,(H,21,23). The lowest BCUT2D eigenvalue weighted by molar-refractivity contribution is -0.116. The molecule has 1 N–H and O–H groups in total. The number of carbonyl (C=O) groups excluding carboxylic acids is 3. The number of nitrogens with one attached hydrogen (secondary N) is 1. The summed E-state index contributed by atoms with van der Waals surface area (Å²) in [6.45, 7) is 3.38. The van der Waals surface area contributed by atoms with Crippen LogP contribution in [0.2, 0.25) is 0 Å². The van der Waals surface area contributed by atoms with Gasteiger partial charge in [-0.1, -0.05) is 11.8 Å². The Hall–Kier alpha value is -3.14. The van der Waals surface area contributed by atoms with Gasteiger partial charge in [0.1, 0.15) is 12.1 Å². The molecule has 2 aromatic rings. The number of ether oxygens (including phenoxy) is 2. The highest BCUT2D eigenvalue weighted by molar-refractivity contribution is 7.98. The van der Waals surface area contributed by atoms with Gasteiger partial charge in [-0.2, -0.15) is 0 Å². The maximum Gasteiger partial charge on any atom is 0.345 e. The van der Waals surface area contributed by atoms with Crippen LogP contribution in [-0.4, -0.2) is 46.9 Å². The maximum atomic E-state index is 12.6. The third-order valence-electron chi connectivity index (χ3n) is 3.67. The molecule has 0 radical (unpaired) electrons. The fraction of sp³-hybridized carbons (Fsp3) is 0.316. The summed E-state index contributed by atoms with van der Waals surface area (Å²) in [4.78, 5) is 52.7. The van der Waals surface area contributed by atoms with Gasteiger partial charge in [-0.05, 0) is 44.4 Å². The number of benzene rings is 1. The number of anilines is 1. The van der Waals surface area contributed by atoms with Crippen molar-refractivity contribution >= 4 is 35.3 Å². The van der Waals surface area contributed by atoms with Gasteiger partial charge in [0.05, 0.1) is 25.0 Å². The van der Waals surface area contributed by atoms with Gasteiger partial charge >= 0.3 is 11.9 Å². The minimum absolute atomic E-state index is 0.116. The van der Waals surface area contributed by atoms with Gasteiger partial charge in [0.15, 0.2) is 5.16 Å². The van der Waals surface area contributed by atoms with E-state index >= 15 is 0 Å². The van der Waals surface area contributed by atoms with E-state index in [9.17, 15) is 19.2 Å². The largest absolute Gasteiger partial charge is 0.462 e. The van der Waals surface area contributed by atoms with Gasteiger partial charge in [-0.25, -0.2) is 14.6 Å². The molecule has 1 aromatic carbocycles. The van der Waals surface area contributed by atoms with Gasteiger partial charge in [-0.15, -0.1) is 0 Å². The Morgan fingerprint density at radius 1 is 1.07 bits per heavy atom. The number of rotatable bonds is 8. The van der Waals surface area contributed by atoms with Crippen LogP contribution in [0.3, 0.4) is 0 Å². The van der Waals surface area contributed by atoms with Crippen molar-refractivity contribution < 1.29 is 23.9 Å². The quantitative estimate of drug-likeness (QED) is 0.392. The highest BCUT2D eigenvalue weighted by Gasteiger charge is 2.19. The van der Waals surface area contributed by atoms with Gasteiger partial charge < -0.3 is 14.8 Å². The second-order valence-corrected chi connectivity index (χ2v) is 6.39. The van der Waals surface area contributed by atoms with Crippen LogP contribution in [-0.2, 0) is 20.8 Å². The molecule has 0 atom stereocenters. The average Bonchev–Trinajstić information content (AvgIpc) is 2.70. The molecule has 0 aliphatic rings. The van der Waals surface area contributed by atoms with Crippen LogP contribution in [0, 0.1) is 0 Å². The van der Waals surface area contributed by atoms with Crippen LogP contribution in [0.15, 0.2) is 40.4 Å². The SMILES string of the molecule is CCOC(=O)c1ccc(NC(=O)Cn2c(SC)ncc(C(=O)OCC)c2=O)cc1. The Morgan fingerprint density at radius 2 is 1.69 bits per heavy atom. The highest BCUT2D eigenvalue weighted by atomic mass is 32.2. The normalized spacial score (nSPS) is 10.3. The summed E-state index contributed by atoms with van der Waals surface area (Å²) in [7, 11) is 0. The number of hydrogen-bond donors (Lipinski definition) is 1. The molecule has 0 aliphatic carbocycles. The molecule has 2 rings (SSSR count). The minimum atomic E-state index is -0.790. The first-order valence-corrected chi connectivity index (χ1v) is 10.0. The van der Waals surface area contributed by atoms with E-state index in [0.29, 0.717) is 11.3 Å². The molecule has 9 nitrogen and oxygen atoms in total. The molecule has 0 spiro atoms. The van der Waals surface area contributed by atoms with E-state index in [-0.39, 0.29) is 30.5 Å². The van der Waals surface area contributed by atoms with E-state index < -0.39 is 23.4 Å². The summed E-state index contributed by atoms with van der Waals surface area (Å²) < 4.78 is 10.9. The Bertz CT molecular complexity index is 955. The maximum absolute atomic E-state index is 12.6. The van der Waals surface area contributed by atoms with Crippen molar-refractivity contribution in [2.24, 2.45) is 0 Å². The molecule has 0 bridgehead atoms. The Balaban J connectivity index is 2.17. The number of carbonyl (C=O) groups is 3. The molecule has 0 saturated carbocycles. The molecule has 0 aliphatic heterocycles. The first kappa shape index (κ1) is 22.2. The van der Waals surface area contributed by atoms with Crippen molar-refractivity contribution in [2.45, 2.75) is 25.5 Å². The van der Waals surface area contributed by atoms with Crippen LogP contribution in [0.25, 0.3) is 0 Å². The lowest BCUT2D eigenvalue weighted by atomic mass is 10.2. The average molecular weight is 419 g/mol. The summed E-state index contributed by atoms with van der Waals surface area (Å²) in [5, 5.41) is 2.92. The zero-order valence-corrected chi connectivity index (χ0v) is 17.1. The molecule has 0 unspecified atom stereocenters. The Kier molecular flexibility index (Phi) is 7.96. The van der Waals surface area contributed by atoms with Crippen LogP contribution >= 0.6 is 11.8 Å². The molecular formula is C19H21N3O6S. The fourth-order valence-corrected chi connectivity index (χ4v) is 2.90. The van der Waals surface area contributed by atoms with Crippen LogP contribution in [0.1, 0.15) is 34.6 Å². The lowest BCUT2D eigenvalue weighted by Gasteiger charge is -2.12. The molecule has 1 aromatic heterocycles.